The van der Waals surface area contributed by atoms with E-state index in [0.717, 1.165) is 11.3 Å². The smallest absolute Gasteiger partial charge is 0.370 e. The second-order valence-corrected chi connectivity index (χ2v) is 8.44. The second kappa shape index (κ2) is 7.88. The fraction of sp³-hybridized carbons (Fsp3) is 0.524. The van der Waals surface area contributed by atoms with Gasteiger partial charge in [0.05, 0.1) is 42.3 Å². The van der Waals surface area contributed by atoms with Crippen molar-refractivity contribution < 1.29 is 17.9 Å². The number of alkyl halides is 3. The molecular weight excluding hydrogens is 423 g/mol. The summed E-state index contributed by atoms with van der Waals surface area (Å²) in [5.41, 5.74) is 3.82. The molecule has 0 spiro atoms. The number of ether oxygens (including phenoxy) is 1. The van der Waals surface area contributed by atoms with Crippen LogP contribution < -0.4 is 4.90 Å². The molecule has 4 heterocycles. The molecule has 1 saturated heterocycles. The molecule has 0 radical (unpaired) electrons. The molecule has 3 aromatic heterocycles. The van der Waals surface area contributed by atoms with E-state index in [9.17, 15) is 13.2 Å². The van der Waals surface area contributed by atoms with E-state index < -0.39 is 12.1 Å². The summed E-state index contributed by atoms with van der Waals surface area (Å²) in [6.45, 7) is 5.19. The third-order valence-electron chi connectivity index (χ3n) is 6.05. The summed E-state index contributed by atoms with van der Waals surface area (Å²) in [4.78, 5) is 20.2. The van der Waals surface area contributed by atoms with Crippen LogP contribution in [-0.2, 0) is 4.74 Å². The summed E-state index contributed by atoms with van der Waals surface area (Å²) in [5, 5.41) is 7.99. The lowest BCUT2D eigenvalue weighted by atomic mass is 9.72. The average molecular weight is 445 g/mol. The van der Waals surface area contributed by atoms with Gasteiger partial charge in [-0.15, -0.1) is 0 Å². The lowest BCUT2D eigenvalue weighted by molar-refractivity contribution is -0.197. The molecule has 1 atom stereocenters. The Hall–Kier alpha value is -2.95. The zero-order chi connectivity index (χ0) is 22.5. The first-order valence-corrected chi connectivity index (χ1v) is 10.5. The summed E-state index contributed by atoms with van der Waals surface area (Å²) in [5.74, 6) is -1.17. The molecule has 0 aromatic carbocycles. The van der Waals surface area contributed by atoms with Gasteiger partial charge >= 0.3 is 6.18 Å². The van der Waals surface area contributed by atoms with Gasteiger partial charge < -0.3 is 9.64 Å². The molecule has 0 N–H and O–H groups in total. The standard InChI is InChI=1S/C21H22F3N7O/c1-11-5-14(9-26-30-11)16-10-31(3-4-32-16)20-28-17(13-6-15(7-13)21(22,23)24)18-19(29-20)27-12(2)8-25-18/h5,8-9,13,15-16H,3-4,6-7,10H2,1-2H3/t13-,15+,16-/m1/s1. The van der Waals surface area contributed by atoms with Gasteiger partial charge in [0.1, 0.15) is 11.6 Å². The van der Waals surface area contributed by atoms with E-state index in [-0.39, 0.29) is 24.9 Å². The van der Waals surface area contributed by atoms with Crippen molar-refractivity contribution in [3.63, 3.8) is 0 Å². The van der Waals surface area contributed by atoms with Gasteiger partial charge in [-0.05, 0) is 32.8 Å². The number of morpholine rings is 1. The van der Waals surface area contributed by atoms with Crippen molar-refractivity contribution in [2.24, 2.45) is 5.92 Å². The Kier molecular flexibility index (Phi) is 5.15. The summed E-state index contributed by atoms with van der Waals surface area (Å²) >= 11 is 0. The highest BCUT2D eigenvalue weighted by Crippen LogP contribution is 2.50. The molecule has 5 rings (SSSR count). The molecule has 1 aliphatic heterocycles. The Morgan fingerprint density at radius 1 is 1.06 bits per heavy atom. The zero-order valence-electron chi connectivity index (χ0n) is 17.7. The highest BCUT2D eigenvalue weighted by Gasteiger charge is 2.49. The molecule has 168 valence electrons. The van der Waals surface area contributed by atoms with Crippen molar-refractivity contribution in [1.82, 2.24) is 30.1 Å². The lowest BCUT2D eigenvalue weighted by Gasteiger charge is -2.37. The molecule has 0 amide bonds. The van der Waals surface area contributed by atoms with Gasteiger partial charge in [-0.25, -0.2) is 15.0 Å². The van der Waals surface area contributed by atoms with Crippen molar-refractivity contribution >= 4 is 17.1 Å². The molecular formula is C21H22F3N7O. The minimum absolute atomic E-state index is 0.0122. The van der Waals surface area contributed by atoms with Crippen molar-refractivity contribution in [3.05, 3.63) is 41.1 Å². The number of anilines is 1. The number of rotatable bonds is 3. The number of nitrogens with zero attached hydrogens (tertiary/aromatic N) is 7. The van der Waals surface area contributed by atoms with Gasteiger partial charge in [0.25, 0.3) is 0 Å². The van der Waals surface area contributed by atoms with Gasteiger partial charge in [-0.2, -0.15) is 28.4 Å². The first-order valence-electron chi connectivity index (χ1n) is 10.5. The molecule has 2 fully saturated rings. The van der Waals surface area contributed by atoms with E-state index in [0.29, 0.717) is 48.2 Å². The van der Waals surface area contributed by atoms with Crippen LogP contribution in [0.5, 0.6) is 0 Å². The number of aryl methyl sites for hydroxylation is 2. The number of hydrogen-bond donors (Lipinski definition) is 0. The maximum Gasteiger partial charge on any atom is 0.391 e. The van der Waals surface area contributed by atoms with Crippen LogP contribution in [0.25, 0.3) is 11.2 Å². The first-order chi connectivity index (χ1) is 15.3. The molecule has 3 aromatic rings. The highest BCUT2D eigenvalue weighted by molar-refractivity contribution is 5.74. The Morgan fingerprint density at radius 2 is 1.88 bits per heavy atom. The third-order valence-corrected chi connectivity index (χ3v) is 6.05. The zero-order valence-corrected chi connectivity index (χ0v) is 17.7. The van der Waals surface area contributed by atoms with Gasteiger partial charge in [0.2, 0.25) is 5.95 Å². The van der Waals surface area contributed by atoms with Crippen molar-refractivity contribution in [2.75, 3.05) is 24.6 Å². The minimum atomic E-state index is -4.18. The van der Waals surface area contributed by atoms with E-state index in [1.54, 1.807) is 19.3 Å². The van der Waals surface area contributed by atoms with E-state index in [1.807, 2.05) is 17.9 Å². The summed E-state index contributed by atoms with van der Waals surface area (Å²) in [6, 6.07) is 1.92. The number of hydrogen-bond acceptors (Lipinski definition) is 8. The summed E-state index contributed by atoms with van der Waals surface area (Å²) < 4.78 is 45.1. The average Bonchev–Trinajstić information content (AvgIpc) is 2.71. The topological polar surface area (TPSA) is 89.8 Å². The van der Waals surface area contributed by atoms with E-state index in [4.69, 9.17) is 9.72 Å². The molecule has 1 aliphatic carbocycles. The van der Waals surface area contributed by atoms with E-state index in [1.165, 1.54) is 0 Å². The normalized spacial score (nSPS) is 23.9. The third kappa shape index (κ3) is 3.96. The Balaban J connectivity index is 1.47. The molecule has 1 saturated carbocycles. The quantitative estimate of drug-likeness (QED) is 0.606. The van der Waals surface area contributed by atoms with Gasteiger partial charge in [-0.3, -0.25) is 0 Å². The fourth-order valence-electron chi connectivity index (χ4n) is 4.24. The fourth-order valence-corrected chi connectivity index (χ4v) is 4.24. The largest absolute Gasteiger partial charge is 0.391 e. The predicted octanol–water partition coefficient (Wildman–Crippen LogP) is 3.46. The van der Waals surface area contributed by atoms with Crippen molar-refractivity contribution in [2.45, 2.75) is 44.9 Å². The highest BCUT2D eigenvalue weighted by atomic mass is 19.4. The maximum absolute atomic E-state index is 13.1. The van der Waals surface area contributed by atoms with Gasteiger partial charge in [0, 0.05) is 24.2 Å². The number of fused-ring (bicyclic) bond motifs is 1. The SMILES string of the molecule is Cc1cc([C@H]2CN(c3nc4nc(C)cnc4c([C@H]4C[C@@H](C(F)(F)F)C4)n3)CCO2)cnn1. The number of halogens is 3. The number of aromatic nitrogens is 6. The van der Waals surface area contributed by atoms with Crippen LogP contribution in [0.4, 0.5) is 19.1 Å². The predicted molar refractivity (Wildman–Crippen MR) is 109 cm³/mol. The van der Waals surface area contributed by atoms with Gasteiger partial charge in [-0.1, -0.05) is 0 Å². The van der Waals surface area contributed by atoms with Crippen molar-refractivity contribution in [3.8, 4) is 0 Å². The molecule has 2 aliphatic rings. The van der Waals surface area contributed by atoms with Crippen LogP contribution in [0.3, 0.4) is 0 Å². The van der Waals surface area contributed by atoms with Crippen molar-refractivity contribution in [1.29, 1.82) is 0 Å². The van der Waals surface area contributed by atoms with Gasteiger partial charge in [0.15, 0.2) is 5.65 Å². The molecule has 0 bridgehead atoms. The van der Waals surface area contributed by atoms with Crippen LogP contribution in [0.15, 0.2) is 18.5 Å². The summed E-state index contributed by atoms with van der Waals surface area (Å²) in [6.07, 6.45) is -1.12. The first kappa shape index (κ1) is 20.9. The van der Waals surface area contributed by atoms with Crippen LogP contribution in [0.1, 0.15) is 47.5 Å². The maximum atomic E-state index is 13.1. The molecule has 0 unspecified atom stereocenters. The molecule has 11 heteroatoms. The van der Waals surface area contributed by atoms with E-state index in [2.05, 4.69) is 25.1 Å². The Bertz CT molecular complexity index is 1150. The molecule has 32 heavy (non-hydrogen) atoms. The summed E-state index contributed by atoms with van der Waals surface area (Å²) in [7, 11) is 0. The monoisotopic (exact) mass is 445 g/mol. The second-order valence-electron chi connectivity index (χ2n) is 8.44. The minimum Gasteiger partial charge on any atom is -0.370 e. The Labute approximate surface area is 182 Å². The van der Waals surface area contributed by atoms with Crippen LogP contribution in [0.2, 0.25) is 0 Å². The Morgan fingerprint density at radius 3 is 2.62 bits per heavy atom. The van der Waals surface area contributed by atoms with E-state index >= 15 is 0 Å². The van der Waals surface area contributed by atoms with Crippen LogP contribution >= 0.6 is 0 Å². The molecule has 8 nitrogen and oxygen atoms in total. The van der Waals surface area contributed by atoms with Crippen LogP contribution in [-0.4, -0.2) is 56.0 Å². The lowest BCUT2D eigenvalue weighted by Crippen LogP contribution is -2.40. The van der Waals surface area contributed by atoms with Crippen LogP contribution in [0, 0.1) is 19.8 Å².